The SMILES string of the molecule is Cc1ccc2c(oc3ccncc32)c1-c1cncc[n+]1C. The van der Waals surface area contributed by atoms with E-state index in [4.69, 9.17) is 4.42 Å². The van der Waals surface area contributed by atoms with E-state index >= 15 is 0 Å². The number of rotatable bonds is 1. The second-order valence-corrected chi connectivity index (χ2v) is 5.18. The van der Waals surface area contributed by atoms with E-state index in [1.165, 1.54) is 0 Å². The Bertz CT molecular complexity index is 972. The van der Waals surface area contributed by atoms with Crippen molar-refractivity contribution in [3.63, 3.8) is 0 Å². The molecule has 4 nitrogen and oxygen atoms in total. The highest BCUT2D eigenvalue weighted by molar-refractivity contribution is 6.09. The van der Waals surface area contributed by atoms with E-state index in [9.17, 15) is 0 Å². The first-order valence-electron chi connectivity index (χ1n) is 6.81. The van der Waals surface area contributed by atoms with Crippen LogP contribution in [0.4, 0.5) is 0 Å². The molecule has 0 amide bonds. The van der Waals surface area contributed by atoms with Crippen LogP contribution < -0.4 is 4.57 Å². The molecule has 3 aromatic heterocycles. The van der Waals surface area contributed by atoms with Crippen LogP contribution >= 0.6 is 0 Å². The summed E-state index contributed by atoms with van der Waals surface area (Å²) >= 11 is 0. The quantitative estimate of drug-likeness (QED) is 0.501. The molecule has 0 aliphatic heterocycles. The fourth-order valence-electron chi connectivity index (χ4n) is 2.76. The average Bonchev–Trinajstić information content (AvgIpc) is 2.87. The van der Waals surface area contributed by atoms with Gasteiger partial charge in [-0.25, -0.2) is 0 Å². The lowest BCUT2D eigenvalue weighted by molar-refractivity contribution is -0.660. The van der Waals surface area contributed by atoms with Gasteiger partial charge in [-0.3, -0.25) is 9.97 Å². The molecule has 0 bridgehead atoms. The number of furan rings is 1. The van der Waals surface area contributed by atoms with E-state index in [2.05, 4.69) is 33.6 Å². The first-order valence-corrected chi connectivity index (χ1v) is 6.81. The van der Waals surface area contributed by atoms with Crippen molar-refractivity contribution in [2.45, 2.75) is 6.92 Å². The number of hydrogen-bond donors (Lipinski definition) is 0. The Kier molecular flexibility index (Phi) is 2.51. The normalized spacial score (nSPS) is 11.3. The molecular formula is C17H14N3O+. The molecule has 4 heteroatoms. The molecule has 0 N–H and O–H groups in total. The van der Waals surface area contributed by atoms with Crippen LogP contribution in [-0.2, 0) is 7.05 Å². The van der Waals surface area contributed by atoms with E-state index in [0.717, 1.165) is 38.8 Å². The molecule has 102 valence electrons. The van der Waals surface area contributed by atoms with Gasteiger partial charge in [-0.15, -0.1) is 0 Å². The van der Waals surface area contributed by atoms with E-state index in [-0.39, 0.29) is 0 Å². The van der Waals surface area contributed by atoms with Crippen molar-refractivity contribution >= 4 is 21.9 Å². The third kappa shape index (κ3) is 1.72. The van der Waals surface area contributed by atoms with Crippen molar-refractivity contribution < 1.29 is 8.98 Å². The molecular weight excluding hydrogens is 262 g/mol. The van der Waals surface area contributed by atoms with Gasteiger partial charge in [0, 0.05) is 23.2 Å². The summed E-state index contributed by atoms with van der Waals surface area (Å²) in [6.07, 6.45) is 9.19. The van der Waals surface area contributed by atoms with Crippen LogP contribution in [-0.4, -0.2) is 9.97 Å². The van der Waals surface area contributed by atoms with Crippen molar-refractivity contribution in [1.29, 1.82) is 0 Å². The zero-order valence-electron chi connectivity index (χ0n) is 11.9. The summed E-state index contributed by atoms with van der Waals surface area (Å²) in [4.78, 5) is 8.45. The van der Waals surface area contributed by atoms with E-state index in [0.29, 0.717) is 0 Å². The molecule has 4 rings (SSSR count). The van der Waals surface area contributed by atoms with Gasteiger partial charge < -0.3 is 4.42 Å². The smallest absolute Gasteiger partial charge is 0.234 e. The molecule has 1 aromatic carbocycles. The van der Waals surface area contributed by atoms with Crippen LogP contribution in [0.15, 0.2) is 53.6 Å². The zero-order chi connectivity index (χ0) is 14.4. The summed E-state index contributed by atoms with van der Waals surface area (Å²) in [5.41, 5.74) is 5.03. The van der Waals surface area contributed by atoms with Gasteiger partial charge in [0.25, 0.3) is 0 Å². The number of aromatic nitrogens is 3. The highest BCUT2D eigenvalue weighted by Gasteiger charge is 2.20. The Labute approximate surface area is 121 Å². The van der Waals surface area contributed by atoms with Crippen LogP contribution in [0, 0.1) is 6.92 Å². The Morgan fingerprint density at radius 2 is 1.86 bits per heavy atom. The van der Waals surface area contributed by atoms with Gasteiger partial charge in [-0.2, -0.15) is 4.57 Å². The lowest BCUT2D eigenvalue weighted by Crippen LogP contribution is -2.30. The monoisotopic (exact) mass is 276 g/mol. The number of benzene rings is 1. The molecule has 0 radical (unpaired) electrons. The highest BCUT2D eigenvalue weighted by Crippen LogP contribution is 2.35. The maximum Gasteiger partial charge on any atom is 0.234 e. The minimum absolute atomic E-state index is 0.860. The van der Waals surface area contributed by atoms with Gasteiger partial charge >= 0.3 is 0 Å². The Morgan fingerprint density at radius 1 is 1.00 bits per heavy atom. The summed E-state index contributed by atoms with van der Waals surface area (Å²) in [6.45, 7) is 2.09. The number of fused-ring (bicyclic) bond motifs is 3. The summed E-state index contributed by atoms with van der Waals surface area (Å²) < 4.78 is 8.15. The number of aryl methyl sites for hydroxylation is 2. The number of pyridine rings is 1. The molecule has 0 fully saturated rings. The van der Waals surface area contributed by atoms with Gasteiger partial charge in [0.05, 0.1) is 18.0 Å². The summed E-state index contributed by atoms with van der Waals surface area (Å²) in [7, 11) is 2.01. The van der Waals surface area contributed by atoms with Crippen molar-refractivity contribution in [3.8, 4) is 11.3 Å². The number of nitrogens with zero attached hydrogens (tertiary/aromatic N) is 3. The molecule has 0 aliphatic rings. The molecule has 0 saturated carbocycles. The standard InChI is InChI=1S/C17H14N3O/c1-11-3-4-12-13-9-18-6-5-15(13)21-17(12)16(11)14-10-19-7-8-20(14)2/h3-10H,1-2H3/q+1. The first-order chi connectivity index (χ1) is 10.3. The van der Waals surface area contributed by atoms with E-state index in [1.807, 2.05) is 31.7 Å². The predicted molar refractivity (Wildman–Crippen MR) is 80.7 cm³/mol. The molecule has 3 heterocycles. The summed E-state index contributed by atoms with van der Waals surface area (Å²) in [6, 6.07) is 6.11. The Balaban J connectivity index is 2.18. The Morgan fingerprint density at radius 3 is 2.71 bits per heavy atom. The van der Waals surface area contributed by atoms with Crippen LogP contribution in [0.2, 0.25) is 0 Å². The minimum Gasteiger partial charge on any atom is -0.455 e. The third-order valence-corrected chi connectivity index (χ3v) is 3.86. The fourth-order valence-corrected chi connectivity index (χ4v) is 2.76. The van der Waals surface area contributed by atoms with Gasteiger partial charge in [0.15, 0.2) is 6.20 Å². The molecule has 0 aliphatic carbocycles. The topological polar surface area (TPSA) is 42.8 Å². The highest BCUT2D eigenvalue weighted by atomic mass is 16.3. The van der Waals surface area contributed by atoms with E-state index in [1.54, 1.807) is 12.4 Å². The van der Waals surface area contributed by atoms with Crippen LogP contribution in [0.5, 0.6) is 0 Å². The molecule has 4 aromatic rings. The Hall–Kier alpha value is -2.75. The largest absolute Gasteiger partial charge is 0.455 e. The van der Waals surface area contributed by atoms with Crippen molar-refractivity contribution in [2.24, 2.45) is 7.05 Å². The maximum absolute atomic E-state index is 6.09. The molecule has 0 spiro atoms. The first kappa shape index (κ1) is 12.0. The zero-order valence-corrected chi connectivity index (χ0v) is 11.9. The van der Waals surface area contributed by atoms with E-state index < -0.39 is 0 Å². The number of hydrogen-bond acceptors (Lipinski definition) is 3. The van der Waals surface area contributed by atoms with Gasteiger partial charge in [0.1, 0.15) is 18.2 Å². The minimum atomic E-state index is 0.860. The van der Waals surface area contributed by atoms with Crippen LogP contribution in [0.1, 0.15) is 5.56 Å². The second kappa shape index (κ2) is 4.38. The lowest BCUT2D eigenvalue weighted by Gasteiger charge is -2.04. The van der Waals surface area contributed by atoms with Crippen LogP contribution in [0.3, 0.4) is 0 Å². The van der Waals surface area contributed by atoms with Crippen molar-refractivity contribution in [3.05, 3.63) is 54.7 Å². The predicted octanol–water partition coefficient (Wildman–Crippen LogP) is 3.18. The summed E-state index contributed by atoms with van der Waals surface area (Å²) in [5, 5.41) is 2.13. The van der Waals surface area contributed by atoms with Gasteiger partial charge in [-0.05, 0) is 18.6 Å². The van der Waals surface area contributed by atoms with Crippen molar-refractivity contribution in [2.75, 3.05) is 0 Å². The van der Waals surface area contributed by atoms with Gasteiger partial charge in [-0.1, -0.05) is 12.1 Å². The van der Waals surface area contributed by atoms with Gasteiger partial charge in [0.2, 0.25) is 5.69 Å². The maximum atomic E-state index is 6.09. The fraction of sp³-hybridized carbons (Fsp3) is 0.118. The molecule has 0 unspecified atom stereocenters. The summed E-state index contributed by atoms with van der Waals surface area (Å²) in [5.74, 6) is 0. The molecule has 0 saturated heterocycles. The molecule has 21 heavy (non-hydrogen) atoms. The van der Waals surface area contributed by atoms with Crippen molar-refractivity contribution in [1.82, 2.24) is 9.97 Å². The lowest BCUT2D eigenvalue weighted by atomic mass is 10.0. The van der Waals surface area contributed by atoms with Crippen LogP contribution in [0.25, 0.3) is 33.2 Å². The second-order valence-electron chi connectivity index (χ2n) is 5.18. The average molecular weight is 276 g/mol. The molecule has 0 atom stereocenters. The third-order valence-electron chi connectivity index (χ3n) is 3.86.